The van der Waals surface area contributed by atoms with Crippen molar-refractivity contribution in [2.24, 2.45) is 0 Å². The van der Waals surface area contributed by atoms with Gasteiger partial charge in [0.15, 0.2) is 0 Å². The van der Waals surface area contributed by atoms with E-state index in [9.17, 15) is 9.59 Å². The normalized spacial score (nSPS) is 21.7. The number of aliphatic carboxylic acids is 1. The van der Waals surface area contributed by atoms with Crippen LogP contribution in [0.5, 0.6) is 0 Å². The minimum Gasteiger partial charge on any atom is -0.481 e. The quantitative estimate of drug-likeness (QED) is 0.674. The molecule has 0 aromatic heterocycles. The predicted octanol–water partition coefficient (Wildman–Crippen LogP) is 1.02. The second-order valence-corrected chi connectivity index (χ2v) is 5.32. The molecule has 6 nitrogen and oxygen atoms in total. The number of amides is 2. The molecule has 1 rings (SSSR count). The number of nitrogens with one attached hydrogen (secondary N) is 2. The Morgan fingerprint density at radius 2 is 2.16 bits per heavy atom. The smallest absolute Gasteiger partial charge is 0.315 e. The van der Waals surface area contributed by atoms with E-state index in [1.807, 2.05) is 6.92 Å². The molecular weight excluding hydrogens is 246 g/mol. The average molecular weight is 271 g/mol. The summed E-state index contributed by atoms with van der Waals surface area (Å²) in [5.74, 6) is -0.835. The molecule has 3 N–H and O–H groups in total. The number of rotatable bonds is 6. The summed E-state index contributed by atoms with van der Waals surface area (Å²) in [6, 6.07) is 0.0749. The third kappa shape index (κ3) is 6.42. The number of carboxylic acid groups (broad SMARTS) is 1. The van der Waals surface area contributed by atoms with E-state index in [1.54, 1.807) is 0 Å². The average Bonchev–Trinajstić information content (AvgIpc) is 2.35. The van der Waals surface area contributed by atoms with Gasteiger partial charge in [-0.15, -0.1) is 0 Å². The number of piperidine rings is 1. The highest BCUT2D eigenvalue weighted by Gasteiger charge is 2.19. The Morgan fingerprint density at radius 1 is 1.42 bits per heavy atom. The van der Waals surface area contributed by atoms with E-state index >= 15 is 0 Å². The number of likely N-dealkylation sites (tertiary alicyclic amines) is 1. The van der Waals surface area contributed by atoms with Gasteiger partial charge in [-0.3, -0.25) is 4.79 Å². The lowest BCUT2D eigenvalue weighted by atomic mass is 10.0. The number of hydrogen-bond donors (Lipinski definition) is 3. The highest BCUT2D eigenvalue weighted by Crippen LogP contribution is 2.13. The molecule has 1 fully saturated rings. The van der Waals surface area contributed by atoms with E-state index in [0.717, 1.165) is 13.0 Å². The van der Waals surface area contributed by atoms with Crippen LogP contribution >= 0.6 is 0 Å². The van der Waals surface area contributed by atoms with Crippen molar-refractivity contribution in [1.29, 1.82) is 0 Å². The van der Waals surface area contributed by atoms with Crippen molar-refractivity contribution in [3.8, 4) is 0 Å². The van der Waals surface area contributed by atoms with Crippen LogP contribution in [0.15, 0.2) is 0 Å². The monoisotopic (exact) mass is 271 g/mol. The maximum absolute atomic E-state index is 11.7. The van der Waals surface area contributed by atoms with Crippen molar-refractivity contribution in [2.45, 2.75) is 51.1 Å². The van der Waals surface area contributed by atoms with Crippen LogP contribution in [0.2, 0.25) is 0 Å². The van der Waals surface area contributed by atoms with Crippen LogP contribution in [0.25, 0.3) is 0 Å². The van der Waals surface area contributed by atoms with Crippen LogP contribution in [0, 0.1) is 0 Å². The van der Waals surface area contributed by atoms with Gasteiger partial charge in [0.25, 0.3) is 0 Å². The topological polar surface area (TPSA) is 81.7 Å². The highest BCUT2D eigenvalue weighted by molar-refractivity contribution is 5.74. The van der Waals surface area contributed by atoms with Crippen LogP contribution < -0.4 is 10.6 Å². The Kier molecular flexibility index (Phi) is 6.62. The van der Waals surface area contributed by atoms with Crippen LogP contribution in [-0.2, 0) is 4.79 Å². The van der Waals surface area contributed by atoms with Gasteiger partial charge in [0.1, 0.15) is 0 Å². The Labute approximate surface area is 114 Å². The molecule has 2 atom stereocenters. The Balaban J connectivity index is 2.18. The zero-order valence-electron chi connectivity index (χ0n) is 11.8. The highest BCUT2D eigenvalue weighted by atomic mass is 16.4. The van der Waals surface area contributed by atoms with Gasteiger partial charge in [-0.2, -0.15) is 0 Å². The molecule has 0 aliphatic carbocycles. The third-order valence-electron chi connectivity index (χ3n) is 3.59. The molecule has 6 heteroatoms. The number of hydrogen-bond acceptors (Lipinski definition) is 3. The Hall–Kier alpha value is -1.30. The molecule has 1 aliphatic rings. The molecule has 0 aromatic carbocycles. The van der Waals surface area contributed by atoms with E-state index in [4.69, 9.17) is 5.11 Å². The summed E-state index contributed by atoms with van der Waals surface area (Å²) in [5, 5.41) is 14.2. The van der Waals surface area contributed by atoms with Gasteiger partial charge in [-0.05, 0) is 39.8 Å². The van der Waals surface area contributed by atoms with Crippen molar-refractivity contribution in [3.05, 3.63) is 0 Å². The third-order valence-corrected chi connectivity index (χ3v) is 3.59. The van der Waals surface area contributed by atoms with Crippen LogP contribution in [0.1, 0.15) is 39.0 Å². The van der Waals surface area contributed by atoms with Gasteiger partial charge < -0.3 is 20.6 Å². The van der Waals surface area contributed by atoms with E-state index < -0.39 is 5.97 Å². The molecule has 2 amide bonds. The number of carbonyl (C=O) groups is 2. The molecule has 2 unspecified atom stereocenters. The summed E-state index contributed by atoms with van der Waals surface area (Å²) >= 11 is 0. The maximum Gasteiger partial charge on any atom is 0.315 e. The standard InChI is InChI=1S/C13H25N3O3/c1-10(6-7-12(17)18)15-13(19)14-9-11-5-3-4-8-16(11)2/h10-11H,3-9H2,1-2H3,(H,17,18)(H2,14,15,19). The van der Waals surface area contributed by atoms with E-state index in [-0.39, 0.29) is 18.5 Å². The molecule has 19 heavy (non-hydrogen) atoms. The molecule has 1 saturated heterocycles. The number of carbonyl (C=O) groups excluding carboxylic acids is 1. The van der Waals surface area contributed by atoms with Crippen LogP contribution in [0.4, 0.5) is 4.79 Å². The lowest BCUT2D eigenvalue weighted by Gasteiger charge is -2.32. The van der Waals surface area contributed by atoms with E-state index in [1.165, 1.54) is 12.8 Å². The van der Waals surface area contributed by atoms with Gasteiger partial charge in [-0.25, -0.2) is 4.79 Å². The number of urea groups is 1. The zero-order chi connectivity index (χ0) is 14.3. The van der Waals surface area contributed by atoms with E-state index in [0.29, 0.717) is 19.0 Å². The summed E-state index contributed by atoms with van der Waals surface area (Å²) in [7, 11) is 2.08. The van der Waals surface area contributed by atoms with Gasteiger partial charge in [0, 0.05) is 25.0 Å². The van der Waals surface area contributed by atoms with Crippen LogP contribution in [-0.4, -0.2) is 54.2 Å². The van der Waals surface area contributed by atoms with Crippen molar-refractivity contribution in [1.82, 2.24) is 15.5 Å². The first-order chi connectivity index (χ1) is 8.99. The largest absolute Gasteiger partial charge is 0.481 e. The van der Waals surface area contributed by atoms with Crippen molar-refractivity contribution in [2.75, 3.05) is 20.1 Å². The molecule has 110 valence electrons. The molecule has 0 spiro atoms. The van der Waals surface area contributed by atoms with Crippen LogP contribution in [0.3, 0.4) is 0 Å². The summed E-state index contributed by atoms with van der Waals surface area (Å²) < 4.78 is 0. The van der Waals surface area contributed by atoms with Gasteiger partial charge >= 0.3 is 12.0 Å². The molecular formula is C13H25N3O3. The Bertz CT molecular complexity index is 310. The number of likely N-dealkylation sites (N-methyl/N-ethyl adjacent to an activating group) is 1. The summed E-state index contributed by atoms with van der Waals surface area (Å²) in [6.07, 6.45) is 4.09. The lowest BCUT2D eigenvalue weighted by molar-refractivity contribution is -0.137. The maximum atomic E-state index is 11.7. The zero-order valence-corrected chi connectivity index (χ0v) is 11.8. The lowest BCUT2D eigenvalue weighted by Crippen LogP contribution is -2.48. The first-order valence-corrected chi connectivity index (χ1v) is 6.95. The number of nitrogens with zero attached hydrogens (tertiary/aromatic N) is 1. The molecule has 0 bridgehead atoms. The first-order valence-electron chi connectivity index (χ1n) is 6.95. The molecule has 0 saturated carbocycles. The first kappa shape index (κ1) is 15.8. The predicted molar refractivity (Wildman–Crippen MR) is 73.1 cm³/mol. The summed E-state index contributed by atoms with van der Waals surface area (Å²) in [6.45, 7) is 3.55. The van der Waals surface area contributed by atoms with Gasteiger partial charge in [-0.1, -0.05) is 6.42 Å². The number of carboxylic acids is 1. The summed E-state index contributed by atoms with van der Waals surface area (Å²) in [4.78, 5) is 24.4. The van der Waals surface area contributed by atoms with Gasteiger partial charge in [0.05, 0.1) is 0 Å². The fourth-order valence-corrected chi connectivity index (χ4v) is 2.30. The summed E-state index contributed by atoms with van der Waals surface area (Å²) in [5.41, 5.74) is 0. The fraction of sp³-hybridized carbons (Fsp3) is 0.846. The second kappa shape index (κ2) is 7.99. The van der Waals surface area contributed by atoms with Crippen molar-refractivity contribution >= 4 is 12.0 Å². The SMILES string of the molecule is CC(CCC(=O)O)NC(=O)NCC1CCCCN1C. The Morgan fingerprint density at radius 3 is 2.79 bits per heavy atom. The molecule has 1 aliphatic heterocycles. The molecule has 0 radical (unpaired) electrons. The minimum atomic E-state index is -0.835. The minimum absolute atomic E-state index is 0.0762. The van der Waals surface area contributed by atoms with Crippen molar-refractivity contribution < 1.29 is 14.7 Å². The van der Waals surface area contributed by atoms with Gasteiger partial charge in [0.2, 0.25) is 0 Å². The fourth-order valence-electron chi connectivity index (χ4n) is 2.30. The molecule has 0 aromatic rings. The van der Waals surface area contributed by atoms with E-state index in [2.05, 4.69) is 22.6 Å². The molecule has 1 heterocycles. The second-order valence-electron chi connectivity index (χ2n) is 5.32. The van der Waals surface area contributed by atoms with Crippen molar-refractivity contribution in [3.63, 3.8) is 0 Å².